The second-order valence-corrected chi connectivity index (χ2v) is 10.6. The lowest BCUT2D eigenvalue weighted by atomic mass is 10.2. The smallest absolute Gasteiger partial charge is 0.410 e. The molecule has 10 nitrogen and oxygen atoms in total. The first-order chi connectivity index (χ1) is 19.6. The molecular formula is C31H43N7O3. The van der Waals surface area contributed by atoms with E-state index >= 15 is 0 Å². The van der Waals surface area contributed by atoms with Crippen molar-refractivity contribution in [1.29, 1.82) is 5.26 Å². The lowest BCUT2D eigenvalue weighted by Gasteiger charge is -2.27. The van der Waals surface area contributed by atoms with Crippen LogP contribution in [0.15, 0.2) is 30.5 Å². The van der Waals surface area contributed by atoms with Crippen molar-refractivity contribution < 1.29 is 14.3 Å². The lowest BCUT2D eigenvalue weighted by Crippen LogP contribution is -2.43. The third kappa shape index (κ3) is 13.1. The van der Waals surface area contributed by atoms with E-state index in [1.165, 1.54) is 4.90 Å². The standard InChI is InChI=1S/C31H43N7O3/c1-6-8-12-20-38(30(40)41-31(3,4)5)23-27(39)33-19-11-9-10-13-25-22-35-29(37-28(25)34-18-7-2)36-26-16-14-24(21-32)15-17-26/h14-17,22H,6-9,11-12,18-20,23H2,1-5H3,(H,33,39)(H2,34,35,36,37). The van der Waals surface area contributed by atoms with Crippen LogP contribution in [0.5, 0.6) is 0 Å². The number of unbranched alkanes of at least 4 members (excludes halogenated alkanes) is 3. The van der Waals surface area contributed by atoms with Gasteiger partial charge in [0.25, 0.3) is 0 Å². The molecule has 10 heteroatoms. The molecule has 0 spiro atoms. The van der Waals surface area contributed by atoms with E-state index in [1.807, 2.05) is 20.8 Å². The number of anilines is 3. The van der Waals surface area contributed by atoms with Gasteiger partial charge < -0.3 is 20.7 Å². The quantitative estimate of drug-likeness (QED) is 0.201. The van der Waals surface area contributed by atoms with E-state index in [9.17, 15) is 9.59 Å². The number of carbonyl (C=O) groups excluding carboxylic acids is 2. The summed E-state index contributed by atoms with van der Waals surface area (Å²) >= 11 is 0. The summed E-state index contributed by atoms with van der Waals surface area (Å²) in [6.07, 6.45) is 6.21. The molecule has 0 saturated carbocycles. The second kappa shape index (κ2) is 17.4. The summed E-state index contributed by atoms with van der Waals surface area (Å²) in [5, 5.41) is 18.3. The van der Waals surface area contributed by atoms with Crippen LogP contribution in [-0.2, 0) is 9.53 Å². The maximum atomic E-state index is 12.5. The number of rotatable bonds is 14. The zero-order valence-electron chi connectivity index (χ0n) is 25.0. The maximum Gasteiger partial charge on any atom is 0.410 e. The fourth-order valence-electron chi connectivity index (χ4n) is 3.57. The van der Waals surface area contributed by atoms with Gasteiger partial charge in [-0.25, -0.2) is 9.78 Å². The highest BCUT2D eigenvalue weighted by Crippen LogP contribution is 2.18. The van der Waals surface area contributed by atoms with Gasteiger partial charge in [-0.2, -0.15) is 10.2 Å². The zero-order valence-corrected chi connectivity index (χ0v) is 25.0. The monoisotopic (exact) mass is 561 g/mol. The zero-order chi connectivity index (χ0) is 30.1. The Kier molecular flexibility index (Phi) is 14.0. The summed E-state index contributed by atoms with van der Waals surface area (Å²) in [4.78, 5) is 35.5. The molecule has 1 aromatic carbocycles. The van der Waals surface area contributed by atoms with Crippen molar-refractivity contribution in [1.82, 2.24) is 20.2 Å². The lowest BCUT2D eigenvalue weighted by molar-refractivity contribution is -0.122. The van der Waals surface area contributed by atoms with E-state index < -0.39 is 11.7 Å². The number of hydrogen-bond acceptors (Lipinski definition) is 8. The van der Waals surface area contributed by atoms with Gasteiger partial charge >= 0.3 is 6.09 Å². The summed E-state index contributed by atoms with van der Waals surface area (Å²) < 4.78 is 5.47. The Hall–Kier alpha value is -4.31. The average molecular weight is 562 g/mol. The number of nitrogens with one attached hydrogen (secondary N) is 3. The second-order valence-electron chi connectivity index (χ2n) is 10.6. The molecule has 1 aromatic heterocycles. The fourth-order valence-corrected chi connectivity index (χ4v) is 3.57. The van der Waals surface area contributed by atoms with Crippen LogP contribution < -0.4 is 16.0 Å². The van der Waals surface area contributed by atoms with Gasteiger partial charge in [-0.3, -0.25) is 9.69 Å². The van der Waals surface area contributed by atoms with Gasteiger partial charge in [0.05, 0.1) is 23.4 Å². The number of amides is 2. The average Bonchev–Trinajstić information content (AvgIpc) is 2.93. The van der Waals surface area contributed by atoms with Gasteiger partial charge in [0.2, 0.25) is 11.9 Å². The minimum absolute atomic E-state index is 0.0308. The largest absolute Gasteiger partial charge is 0.444 e. The minimum atomic E-state index is -0.617. The Morgan fingerprint density at radius 1 is 1.05 bits per heavy atom. The Morgan fingerprint density at radius 2 is 1.80 bits per heavy atom. The van der Waals surface area contributed by atoms with E-state index in [1.54, 1.807) is 30.5 Å². The highest BCUT2D eigenvalue weighted by Gasteiger charge is 2.23. The van der Waals surface area contributed by atoms with Crippen LogP contribution in [0, 0.1) is 23.2 Å². The van der Waals surface area contributed by atoms with E-state index in [0.29, 0.717) is 48.8 Å². The molecule has 0 bridgehead atoms. The third-order valence-corrected chi connectivity index (χ3v) is 5.64. The molecule has 0 saturated heterocycles. The third-order valence-electron chi connectivity index (χ3n) is 5.64. The normalized spacial score (nSPS) is 10.5. The first-order valence-corrected chi connectivity index (χ1v) is 14.3. The van der Waals surface area contributed by atoms with Crippen LogP contribution in [0.1, 0.15) is 84.3 Å². The molecule has 0 unspecified atom stereocenters. The number of hydrogen-bond donors (Lipinski definition) is 3. The van der Waals surface area contributed by atoms with Gasteiger partial charge in [0.1, 0.15) is 18.0 Å². The molecule has 41 heavy (non-hydrogen) atoms. The topological polar surface area (TPSA) is 132 Å². The van der Waals surface area contributed by atoms with Gasteiger partial charge in [-0.1, -0.05) is 38.5 Å². The minimum Gasteiger partial charge on any atom is -0.444 e. The molecule has 1 heterocycles. The molecule has 0 fully saturated rings. The van der Waals surface area contributed by atoms with Gasteiger partial charge in [-0.05, 0) is 64.3 Å². The SMILES string of the molecule is CCCCCN(CC(=O)NCCCC#Cc1cnc(Nc2ccc(C#N)cc2)nc1NCCC)C(=O)OC(C)(C)C. The van der Waals surface area contributed by atoms with Crippen LogP contribution in [0.25, 0.3) is 0 Å². The summed E-state index contributed by atoms with van der Waals surface area (Å²) in [7, 11) is 0. The van der Waals surface area contributed by atoms with Gasteiger partial charge in [0.15, 0.2) is 0 Å². The highest BCUT2D eigenvalue weighted by molar-refractivity contribution is 5.82. The van der Waals surface area contributed by atoms with Gasteiger partial charge in [-0.15, -0.1) is 0 Å². The molecular weight excluding hydrogens is 518 g/mol. The molecule has 2 rings (SSSR count). The van der Waals surface area contributed by atoms with E-state index in [0.717, 1.165) is 37.9 Å². The summed E-state index contributed by atoms with van der Waals surface area (Å²) in [5.41, 5.74) is 1.43. The number of benzene rings is 1. The van der Waals surface area contributed by atoms with E-state index in [2.05, 4.69) is 57.7 Å². The molecule has 0 aliphatic carbocycles. The molecule has 0 aliphatic rings. The van der Waals surface area contributed by atoms with Gasteiger partial charge in [0, 0.05) is 31.7 Å². The first kappa shape index (κ1) is 32.9. The van der Waals surface area contributed by atoms with Crippen LogP contribution in [-0.4, -0.2) is 58.6 Å². The van der Waals surface area contributed by atoms with Crippen molar-refractivity contribution in [2.24, 2.45) is 0 Å². The number of aromatic nitrogens is 2. The van der Waals surface area contributed by atoms with E-state index in [-0.39, 0.29) is 12.5 Å². The number of ether oxygens (including phenoxy) is 1. The van der Waals surface area contributed by atoms with Crippen molar-refractivity contribution in [2.45, 2.75) is 78.7 Å². The molecule has 2 aromatic rings. The van der Waals surface area contributed by atoms with Crippen molar-refractivity contribution in [3.63, 3.8) is 0 Å². The molecule has 0 atom stereocenters. The van der Waals surface area contributed by atoms with Crippen molar-refractivity contribution in [2.75, 3.05) is 36.8 Å². The Morgan fingerprint density at radius 3 is 2.46 bits per heavy atom. The summed E-state index contributed by atoms with van der Waals surface area (Å²) in [5.74, 6) is 7.12. The molecule has 2 amide bonds. The Bertz CT molecular complexity index is 1220. The number of nitrogens with zero attached hydrogens (tertiary/aromatic N) is 4. The van der Waals surface area contributed by atoms with Crippen molar-refractivity contribution in [3.8, 4) is 17.9 Å². The predicted molar refractivity (Wildman–Crippen MR) is 162 cm³/mol. The van der Waals surface area contributed by atoms with Crippen molar-refractivity contribution >= 4 is 29.5 Å². The van der Waals surface area contributed by atoms with Crippen LogP contribution in [0.2, 0.25) is 0 Å². The Balaban J connectivity index is 1.90. The summed E-state index contributed by atoms with van der Waals surface area (Å²) in [6, 6.07) is 9.15. The number of nitriles is 1. The predicted octanol–water partition coefficient (Wildman–Crippen LogP) is 5.59. The molecule has 3 N–H and O–H groups in total. The van der Waals surface area contributed by atoms with Crippen LogP contribution in [0.3, 0.4) is 0 Å². The first-order valence-electron chi connectivity index (χ1n) is 14.3. The van der Waals surface area contributed by atoms with Crippen LogP contribution in [0.4, 0.5) is 22.2 Å². The molecule has 0 aliphatic heterocycles. The summed E-state index contributed by atoms with van der Waals surface area (Å²) in [6.45, 7) is 11.3. The Labute approximate surface area is 244 Å². The van der Waals surface area contributed by atoms with Crippen LogP contribution >= 0.6 is 0 Å². The molecule has 220 valence electrons. The highest BCUT2D eigenvalue weighted by atomic mass is 16.6. The van der Waals surface area contributed by atoms with Crippen molar-refractivity contribution in [3.05, 3.63) is 41.6 Å². The fraction of sp³-hybridized carbons (Fsp3) is 0.516. The maximum absolute atomic E-state index is 12.5. The molecule has 0 radical (unpaired) electrons. The number of carbonyl (C=O) groups is 2. The van der Waals surface area contributed by atoms with E-state index in [4.69, 9.17) is 10.00 Å².